The number of carbonyl (C=O) groups excluding carboxylic acids is 1. The number of halogens is 2. The van der Waals surface area contributed by atoms with E-state index in [1.54, 1.807) is 41.7 Å². The monoisotopic (exact) mass is 540 g/mol. The Kier molecular flexibility index (Phi) is 7.18. The van der Waals surface area contributed by atoms with Crippen LogP contribution >= 0.6 is 11.6 Å². The number of likely N-dealkylation sites (N-methyl/N-ethyl adjacent to an activating group) is 1. The van der Waals surface area contributed by atoms with Crippen molar-refractivity contribution in [3.8, 4) is 11.5 Å². The van der Waals surface area contributed by atoms with Crippen molar-refractivity contribution in [3.63, 3.8) is 0 Å². The Bertz CT molecular complexity index is 1460. The largest absolute Gasteiger partial charge is 0.493 e. The molecule has 3 N–H and O–H groups in total. The summed E-state index contributed by atoms with van der Waals surface area (Å²) in [5.74, 6) is 0.492. The number of rotatable bonds is 9. The number of benzene rings is 2. The number of aromatic amines is 1. The Hall–Kier alpha value is -3.96. The van der Waals surface area contributed by atoms with E-state index in [9.17, 15) is 9.18 Å². The van der Waals surface area contributed by atoms with Gasteiger partial charge in [-0.25, -0.2) is 19.3 Å². The summed E-state index contributed by atoms with van der Waals surface area (Å²) in [5.41, 5.74) is 1.66. The number of ether oxygens (including phenoxy) is 2. The van der Waals surface area contributed by atoms with E-state index in [-0.39, 0.29) is 29.7 Å². The number of aromatic nitrogens is 4. The summed E-state index contributed by atoms with van der Waals surface area (Å²) in [6.07, 6.45) is 5.35. The summed E-state index contributed by atoms with van der Waals surface area (Å²) in [5, 5.41) is 6.49. The maximum Gasteiger partial charge on any atom is 0.237 e. The van der Waals surface area contributed by atoms with E-state index in [1.807, 2.05) is 0 Å². The molecule has 0 bridgehead atoms. The van der Waals surface area contributed by atoms with E-state index in [2.05, 4.69) is 30.6 Å². The Labute approximate surface area is 224 Å². The average Bonchev–Trinajstić information content (AvgIpc) is 3.61. The molecule has 10 nitrogen and oxygen atoms in total. The molecule has 4 aromatic rings. The van der Waals surface area contributed by atoms with Crippen molar-refractivity contribution in [1.29, 1.82) is 0 Å². The van der Waals surface area contributed by atoms with Gasteiger partial charge in [-0.3, -0.25) is 9.69 Å². The number of H-pyrrole nitrogens is 1. The van der Waals surface area contributed by atoms with Crippen LogP contribution < -0.4 is 20.1 Å². The van der Waals surface area contributed by atoms with E-state index in [4.69, 9.17) is 22.4 Å². The topological polar surface area (TPSA) is 117 Å². The molecule has 12 heteroatoms. The number of hydrogen-bond donors (Lipinski definition) is 3. The lowest BCUT2D eigenvalue weighted by atomic mass is 10.1. The second-order valence-electron chi connectivity index (χ2n) is 8.85. The van der Waals surface area contributed by atoms with Gasteiger partial charge in [0.2, 0.25) is 5.91 Å². The summed E-state index contributed by atoms with van der Waals surface area (Å²) in [7, 11) is 1.48. The highest BCUT2D eigenvalue weighted by Crippen LogP contribution is 2.37. The number of imidazole rings is 1. The first-order chi connectivity index (χ1) is 19.0. The lowest BCUT2D eigenvalue weighted by Crippen LogP contribution is -2.42. The number of nitrogens with one attached hydrogen (secondary N) is 3. The molecule has 38 heavy (non-hydrogen) atoms. The lowest BCUT2D eigenvalue weighted by Gasteiger charge is -2.18. The predicted molar refractivity (Wildman–Crippen MR) is 142 cm³/mol. The number of anilines is 2. The molecular formula is C26H27ClFN7O3. The number of likely N-dealkylation sites (tertiary alicyclic amines) is 1. The van der Waals surface area contributed by atoms with Crippen LogP contribution in [0.3, 0.4) is 0 Å². The third kappa shape index (κ3) is 5.48. The molecule has 1 saturated heterocycles. The van der Waals surface area contributed by atoms with Gasteiger partial charge < -0.3 is 25.1 Å². The van der Waals surface area contributed by atoms with Crippen molar-refractivity contribution in [1.82, 2.24) is 30.2 Å². The summed E-state index contributed by atoms with van der Waals surface area (Å²) in [6, 6.07) is 7.60. The van der Waals surface area contributed by atoms with Gasteiger partial charge in [0.05, 0.1) is 35.7 Å². The van der Waals surface area contributed by atoms with Gasteiger partial charge >= 0.3 is 0 Å². The van der Waals surface area contributed by atoms with Crippen LogP contribution in [0.25, 0.3) is 10.9 Å². The Morgan fingerprint density at radius 1 is 1.34 bits per heavy atom. The maximum atomic E-state index is 14.5. The van der Waals surface area contributed by atoms with Crippen LogP contribution in [0.1, 0.15) is 13.5 Å². The molecule has 2 atom stereocenters. The van der Waals surface area contributed by atoms with E-state index < -0.39 is 11.9 Å². The molecule has 1 amide bonds. The normalized spacial score (nSPS) is 17.8. The van der Waals surface area contributed by atoms with E-state index in [0.717, 1.165) is 5.69 Å². The van der Waals surface area contributed by atoms with Crippen LogP contribution in [0.4, 0.5) is 15.9 Å². The van der Waals surface area contributed by atoms with Crippen molar-refractivity contribution in [2.24, 2.45) is 0 Å². The molecule has 5 rings (SSSR count). The van der Waals surface area contributed by atoms with Gasteiger partial charge in [-0.1, -0.05) is 17.7 Å². The van der Waals surface area contributed by atoms with E-state index >= 15 is 0 Å². The van der Waals surface area contributed by atoms with Crippen LogP contribution in [-0.4, -0.2) is 70.1 Å². The van der Waals surface area contributed by atoms with Gasteiger partial charge in [-0.2, -0.15) is 0 Å². The quantitative estimate of drug-likeness (QED) is 0.294. The molecular weight excluding hydrogens is 513 g/mol. The molecule has 2 aromatic heterocycles. The first-order valence-electron chi connectivity index (χ1n) is 12.7. The van der Waals surface area contributed by atoms with Crippen molar-refractivity contribution in [2.75, 3.05) is 32.5 Å². The lowest BCUT2D eigenvalue weighted by molar-refractivity contribution is -0.125. The first-order valence-corrected chi connectivity index (χ1v) is 12.3. The van der Waals surface area contributed by atoms with Crippen LogP contribution in [0.5, 0.6) is 11.5 Å². The molecule has 3 heterocycles. The molecule has 0 spiro atoms. The van der Waals surface area contributed by atoms with E-state index in [1.165, 1.54) is 19.5 Å². The maximum absolute atomic E-state index is 14.5. The van der Waals surface area contributed by atoms with Gasteiger partial charge in [0, 0.05) is 50.6 Å². The second kappa shape index (κ2) is 11.2. The van der Waals surface area contributed by atoms with Crippen molar-refractivity contribution in [3.05, 3.63) is 65.7 Å². The highest BCUT2D eigenvalue weighted by molar-refractivity contribution is 6.31. The van der Waals surface area contributed by atoms with E-state index in [0.29, 0.717) is 54.2 Å². The molecule has 1 aliphatic heterocycles. The fourth-order valence-corrected chi connectivity index (χ4v) is 4.58. The third-order valence-electron chi connectivity index (χ3n) is 6.34. The minimum atomic E-state index is -0.591. The molecule has 0 aliphatic carbocycles. The Balaban J connectivity index is 1.33. The summed E-state index contributed by atoms with van der Waals surface area (Å²) in [6.45, 7) is 0.851. The van der Waals surface area contributed by atoms with Gasteiger partial charge in [-0.05, 0) is 25.2 Å². The molecule has 1 aliphatic rings. The van der Waals surface area contributed by atoms with Gasteiger partial charge in [-0.15, -0.1) is 0 Å². The Morgan fingerprint density at radius 2 is 2.24 bits per heavy atom. The highest BCUT2D eigenvalue weighted by Gasteiger charge is 2.36. The molecule has 2 aromatic carbocycles. The van der Waals surface area contributed by atoms with Crippen molar-refractivity contribution < 1.29 is 20.0 Å². The summed E-state index contributed by atoms with van der Waals surface area (Å²) in [4.78, 5) is 30.3. The minimum Gasteiger partial charge on any atom is -0.493 e. The van der Waals surface area contributed by atoms with Gasteiger partial charge in [0.1, 0.15) is 18.2 Å². The van der Waals surface area contributed by atoms with Gasteiger partial charge in [0.25, 0.3) is 0 Å². The van der Waals surface area contributed by atoms with Crippen LogP contribution in [0.15, 0.2) is 49.2 Å². The zero-order chi connectivity index (χ0) is 27.4. The fourth-order valence-electron chi connectivity index (χ4n) is 4.40. The molecule has 0 saturated carbocycles. The zero-order valence-corrected chi connectivity index (χ0v) is 21.3. The SMILES string of the molecule is [2H]CN1C[C@@H](Oc2cc3c(Nc4cccc(Cl)c4F)ncnc3cc2OC)C[C@H]1C(=O)NCCc1cnc[nH]1. The van der Waals surface area contributed by atoms with Crippen LogP contribution in [-0.2, 0) is 11.2 Å². The number of amides is 1. The fraction of sp³-hybridized carbons (Fsp3) is 0.308. The van der Waals surface area contributed by atoms with Crippen molar-refractivity contribution in [2.45, 2.75) is 25.0 Å². The highest BCUT2D eigenvalue weighted by atomic mass is 35.5. The van der Waals surface area contributed by atoms with Crippen molar-refractivity contribution >= 4 is 39.9 Å². The molecule has 198 valence electrons. The van der Waals surface area contributed by atoms with Crippen LogP contribution in [0, 0.1) is 5.82 Å². The number of fused-ring (bicyclic) bond motifs is 1. The smallest absolute Gasteiger partial charge is 0.237 e. The molecule has 0 radical (unpaired) electrons. The molecule has 1 fully saturated rings. The first kappa shape index (κ1) is 24.4. The number of nitrogens with zero attached hydrogens (tertiary/aromatic N) is 4. The number of carbonyl (C=O) groups is 1. The Morgan fingerprint density at radius 3 is 3.03 bits per heavy atom. The molecule has 0 unspecified atom stereocenters. The minimum absolute atomic E-state index is 0.0101. The van der Waals surface area contributed by atoms with Gasteiger partial charge in [0.15, 0.2) is 17.3 Å². The second-order valence-corrected chi connectivity index (χ2v) is 9.26. The summed E-state index contributed by atoms with van der Waals surface area (Å²) >= 11 is 5.93. The van der Waals surface area contributed by atoms with Crippen LogP contribution in [0.2, 0.25) is 5.02 Å². The summed E-state index contributed by atoms with van der Waals surface area (Å²) < 4.78 is 34.3. The third-order valence-corrected chi connectivity index (χ3v) is 6.63. The number of methoxy groups -OCH3 is 1. The standard InChI is InChI=1S/C26H27ClFN7O3/c1-35-12-16(8-21(35)26(36)30-7-6-15-11-29-13-31-15)38-23-9-17-20(10-22(23)37-2)32-14-33-25(17)34-19-5-3-4-18(27)24(19)28/h3-5,9-11,13-14,16,21H,6-8,12H2,1-2H3,(H,29,31)(H,30,36)(H,32,33,34)/t16-,21-/m0/s1/i1D. The zero-order valence-electron chi connectivity index (χ0n) is 21.6. The number of hydrogen-bond acceptors (Lipinski definition) is 8. The average molecular weight is 541 g/mol. The predicted octanol–water partition coefficient (Wildman–Crippen LogP) is 3.71.